The minimum Gasteiger partial charge on any atom is -0.489 e. The molecular formula is C27H36FN3O4. The molecule has 1 aliphatic heterocycles. The van der Waals surface area contributed by atoms with Crippen LogP contribution in [0.15, 0.2) is 30.3 Å². The summed E-state index contributed by atoms with van der Waals surface area (Å²) in [7, 11) is 0. The predicted octanol–water partition coefficient (Wildman–Crippen LogP) is 3.06. The van der Waals surface area contributed by atoms with Crippen LogP contribution in [0.2, 0.25) is 0 Å². The molecule has 0 saturated heterocycles. The van der Waals surface area contributed by atoms with E-state index in [2.05, 4.69) is 23.2 Å². The number of halogens is 1. The van der Waals surface area contributed by atoms with Crippen LogP contribution in [-0.2, 0) is 12.8 Å². The normalized spacial score (nSPS) is 15.7. The lowest BCUT2D eigenvalue weighted by molar-refractivity contribution is 0.100. The highest BCUT2D eigenvalue weighted by Gasteiger charge is 2.25. The van der Waals surface area contributed by atoms with E-state index in [1.165, 1.54) is 25.0 Å². The van der Waals surface area contributed by atoms with Crippen molar-refractivity contribution in [2.24, 2.45) is 11.7 Å². The Morgan fingerprint density at radius 1 is 1.26 bits per heavy atom. The molecule has 1 unspecified atom stereocenters. The third-order valence-electron chi connectivity index (χ3n) is 6.54. The Labute approximate surface area is 206 Å². The number of carbonyl (C=O) groups is 1. The number of benzene rings is 2. The van der Waals surface area contributed by atoms with Crippen molar-refractivity contribution in [2.45, 2.75) is 45.1 Å². The zero-order chi connectivity index (χ0) is 24.8. The molecule has 190 valence electrons. The highest BCUT2D eigenvalue weighted by Crippen LogP contribution is 2.34. The van der Waals surface area contributed by atoms with Crippen LogP contribution in [0.5, 0.6) is 11.5 Å². The first kappa shape index (κ1) is 25.3. The summed E-state index contributed by atoms with van der Waals surface area (Å²) in [5.41, 5.74) is 9.39. The van der Waals surface area contributed by atoms with E-state index in [0.29, 0.717) is 55.7 Å². The number of fused-ring (bicyclic) bond motifs is 1. The lowest BCUT2D eigenvalue weighted by Gasteiger charge is -2.22. The van der Waals surface area contributed by atoms with Gasteiger partial charge in [0.25, 0.3) is 5.91 Å². The summed E-state index contributed by atoms with van der Waals surface area (Å²) in [5.74, 6) is 0.821. The third-order valence-corrected chi connectivity index (χ3v) is 6.54. The number of aliphatic hydroxyl groups is 1. The Morgan fingerprint density at radius 2 is 2.09 bits per heavy atom. The maximum absolute atomic E-state index is 13.6. The Kier molecular flexibility index (Phi) is 8.46. The number of primary amides is 1. The summed E-state index contributed by atoms with van der Waals surface area (Å²) in [4.78, 5) is 14.3. The number of hydrogen-bond acceptors (Lipinski definition) is 6. The number of nitrogens with zero attached hydrogens (tertiary/aromatic N) is 1. The lowest BCUT2D eigenvalue weighted by atomic mass is 9.98. The summed E-state index contributed by atoms with van der Waals surface area (Å²) >= 11 is 0. The standard InChI is InChI=1S/C27H36FN3O4/c1-18(30-8-12-34-24-6-5-22(28)16-25(24)35-17-19-3-4-19)13-20-14-21-7-10-31(9-2-11-32)26(21)23(15-20)27(29)33/h5-6,14-16,18-19,30,32H,2-4,7-13,17H2,1H3,(H2,29,33). The first-order valence-electron chi connectivity index (χ1n) is 12.5. The second-order valence-electron chi connectivity index (χ2n) is 9.58. The van der Waals surface area contributed by atoms with Crippen LogP contribution < -0.4 is 25.4 Å². The molecule has 4 rings (SSSR count). The fourth-order valence-corrected chi connectivity index (χ4v) is 4.58. The van der Waals surface area contributed by atoms with Crippen molar-refractivity contribution >= 4 is 11.6 Å². The van der Waals surface area contributed by atoms with E-state index in [-0.39, 0.29) is 18.5 Å². The molecular weight excluding hydrogens is 449 g/mol. The van der Waals surface area contributed by atoms with Crippen LogP contribution >= 0.6 is 0 Å². The van der Waals surface area contributed by atoms with Crippen LogP contribution in [0.4, 0.5) is 10.1 Å². The molecule has 2 aliphatic rings. The van der Waals surface area contributed by atoms with E-state index in [0.717, 1.165) is 36.2 Å². The molecule has 0 radical (unpaired) electrons. The average molecular weight is 486 g/mol. The van der Waals surface area contributed by atoms with Crippen molar-refractivity contribution in [1.82, 2.24) is 5.32 Å². The van der Waals surface area contributed by atoms with Gasteiger partial charge in [-0.25, -0.2) is 4.39 Å². The predicted molar refractivity (Wildman–Crippen MR) is 134 cm³/mol. The van der Waals surface area contributed by atoms with E-state index in [4.69, 9.17) is 20.3 Å². The molecule has 1 amide bonds. The topological polar surface area (TPSA) is 97.1 Å². The van der Waals surface area contributed by atoms with Crippen molar-refractivity contribution in [3.05, 3.63) is 52.8 Å². The number of nitrogens with one attached hydrogen (secondary N) is 1. The second kappa shape index (κ2) is 11.7. The Hall–Kier alpha value is -2.84. The molecule has 7 nitrogen and oxygen atoms in total. The largest absolute Gasteiger partial charge is 0.489 e. The van der Waals surface area contributed by atoms with Crippen molar-refractivity contribution < 1.29 is 23.8 Å². The van der Waals surface area contributed by atoms with E-state index >= 15 is 0 Å². The second-order valence-corrected chi connectivity index (χ2v) is 9.58. The number of hydrogen-bond donors (Lipinski definition) is 3. The maximum atomic E-state index is 13.6. The van der Waals surface area contributed by atoms with Crippen LogP contribution in [0.1, 0.15) is 47.7 Å². The highest BCUT2D eigenvalue weighted by atomic mass is 19.1. The van der Waals surface area contributed by atoms with Gasteiger partial charge in [0.15, 0.2) is 11.5 Å². The summed E-state index contributed by atoms with van der Waals surface area (Å²) in [6, 6.07) is 8.59. The number of nitrogens with two attached hydrogens (primary N) is 1. The SMILES string of the molecule is CC(Cc1cc2c(c(C(N)=O)c1)N(CCCO)CC2)NCCOc1ccc(F)cc1OCC1CC1. The van der Waals surface area contributed by atoms with Crippen molar-refractivity contribution in [3.8, 4) is 11.5 Å². The number of carbonyl (C=O) groups excluding carboxylic acids is 1. The van der Waals surface area contributed by atoms with Gasteiger partial charge in [0.05, 0.1) is 17.9 Å². The van der Waals surface area contributed by atoms with Gasteiger partial charge in [-0.1, -0.05) is 6.07 Å². The molecule has 1 heterocycles. The molecule has 2 aromatic carbocycles. The van der Waals surface area contributed by atoms with Gasteiger partial charge in [0, 0.05) is 38.3 Å². The zero-order valence-corrected chi connectivity index (χ0v) is 20.4. The average Bonchev–Trinajstić information content (AvgIpc) is 3.58. The van der Waals surface area contributed by atoms with E-state index in [1.54, 1.807) is 6.07 Å². The first-order chi connectivity index (χ1) is 16.9. The Morgan fingerprint density at radius 3 is 2.83 bits per heavy atom. The number of ether oxygens (including phenoxy) is 2. The van der Waals surface area contributed by atoms with Gasteiger partial charge in [-0.2, -0.15) is 0 Å². The maximum Gasteiger partial charge on any atom is 0.250 e. The summed E-state index contributed by atoms with van der Waals surface area (Å²) in [6.45, 7) is 5.39. The highest BCUT2D eigenvalue weighted by molar-refractivity contribution is 6.00. The van der Waals surface area contributed by atoms with Crippen molar-refractivity contribution in [3.63, 3.8) is 0 Å². The van der Waals surface area contributed by atoms with Crippen molar-refractivity contribution in [2.75, 3.05) is 44.4 Å². The Balaban J connectivity index is 1.29. The molecule has 35 heavy (non-hydrogen) atoms. The molecule has 0 spiro atoms. The van der Waals surface area contributed by atoms with Gasteiger partial charge >= 0.3 is 0 Å². The summed E-state index contributed by atoms with van der Waals surface area (Å²) in [6.07, 6.45) is 4.61. The van der Waals surface area contributed by atoms with Crippen LogP contribution in [0.3, 0.4) is 0 Å². The lowest BCUT2D eigenvalue weighted by Crippen LogP contribution is -2.32. The monoisotopic (exact) mass is 485 g/mol. The summed E-state index contributed by atoms with van der Waals surface area (Å²) < 4.78 is 25.3. The fraction of sp³-hybridized carbons (Fsp3) is 0.519. The number of anilines is 1. The van der Waals surface area contributed by atoms with E-state index in [1.807, 2.05) is 6.07 Å². The van der Waals surface area contributed by atoms with Gasteiger partial charge in [-0.05, 0) is 74.3 Å². The first-order valence-corrected chi connectivity index (χ1v) is 12.5. The van der Waals surface area contributed by atoms with Crippen LogP contribution in [-0.4, -0.2) is 56.5 Å². The van der Waals surface area contributed by atoms with E-state index in [9.17, 15) is 9.18 Å². The van der Waals surface area contributed by atoms with E-state index < -0.39 is 5.91 Å². The third kappa shape index (κ3) is 6.86. The Bertz CT molecular complexity index is 1030. The minimum absolute atomic E-state index is 0.124. The molecule has 2 aromatic rings. The zero-order valence-electron chi connectivity index (χ0n) is 20.4. The summed E-state index contributed by atoms with van der Waals surface area (Å²) in [5, 5.41) is 12.6. The molecule has 1 atom stereocenters. The van der Waals surface area contributed by atoms with Crippen LogP contribution in [0, 0.1) is 11.7 Å². The quantitative estimate of drug-likeness (QED) is 0.356. The smallest absolute Gasteiger partial charge is 0.250 e. The molecule has 1 saturated carbocycles. The minimum atomic E-state index is -0.424. The molecule has 1 aliphatic carbocycles. The van der Waals surface area contributed by atoms with Gasteiger partial charge in [0.2, 0.25) is 0 Å². The van der Waals surface area contributed by atoms with Crippen molar-refractivity contribution in [1.29, 1.82) is 0 Å². The molecule has 0 bridgehead atoms. The van der Waals surface area contributed by atoms with Gasteiger partial charge < -0.3 is 30.5 Å². The van der Waals surface area contributed by atoms with Gasteiger partial charge in [0.1, 0.15) is 12.4 Å². The molecule has 1 fully saturated rings. The number of aliphatic hydroxyl groups excluding tert-OH is 1. The number of amides is 1. The molecule has 8 heteroatoms. The number of rotatable bonds is 14. The van der Waals surface area contributed by atoms with Crippen LogP contribution in [0.25, 0.3) is 0 Å². The van der Waals surface area contributed by atoms with Gasteiger partial charge in [-0.3, -0.25) is 4.79 Å². The molecule has 0 aromatic heterocycles. The van der Waals surface area contributed by atoms with Gasteiger partial charge in [-0.15, -0.1) is 0 Å². The molecule has 4 N–H and O–H groups in total. The fourth-order valence-electron chi connectivity index (χ4n) is 4.58.